The zero-order valence-corrected chi connectivity index (χ0v) is 13.4. The van der Waals surface area contributed by atoms with Crippen LogP contribution in [-0.4, -0.2) is 16.7 Å². The molecule has 106 valence electrons. The summed E-state index contributed by atoms with van der Waals surface area (Å²) < 4.78 is 0. The summed E-state index contributed by atoms with van der Waals surface area (Å²) in [6.45, 7) is 5.29. The molecule has 0 spiro atoms. The van der Waals surface area contributed by atoms with Crippen molar-refractivity contribution in [1.29, 1.82) is 0 Å². The first kappa shape index (κ1) is 14.0. The molecule has 3 rings (SSSR count). The van der Waals surface area contributed by atoms with E-state index in [1.165, 1.54) is 10.5 Å². The van der Waals surface area contributed by atoms with Crippen LogP contribution in [0.4, 0.5) is 0 Å². The Morgan fingerprint density at radius 3 is 2.90 bits per heavy atom. The van der Waals surface area contributed by atoms with E-state index in [-0.39, 0.29) is 0 Å². The molecule has 1 aliphatic heterocycles. The summed E-state index contributed by atoms with van der Waals surface area (Å²) in [6, 6.07) is 9.00. The van der Waals surface area contributed by atoms with Gasteiger partial charge in [-0.2, -0.15) is 0 Å². The molecule has 1 aliphatic rings. The predicted molar refractivity (Wildman–Crippen MR) is 85.4 cm³/mol. The van der Waals surface area contributed by atoms with Crippen LogP contribution >= 0.6 is 23.1 Å². The Morgan fingerprint density at radius 2 is 2.15 bits per heavy atom. The maximum atomic E-state index is 4.44. The number of rotatable bonds is 5. The summed E-state index contributed by atoms with van der Waals surface area (Å²) in [5.41, 5.74) is 1.44. The quantitative estimate of drug-likeness (QED) is 0.906. The second-order valence-electron chi connectivity index (χ2n) is 4.92. The van der Waals surface area contributed by atoms with Crippen LogP contribution in [0.5, 0.6) is 0 Å². The maximum absolute atomic E-state index is 4.44. The molecule has 0 amide bonds. The largest absolute Gasteiger partial charge is 0.308 e. The van der Waals surface area contributed by atoms with Crippen LogP contribution < -0.4 is 5.32 Å². The smallest absolute Gasteiger partial charge is 0.134 e. The average molecular weight is 305 g/mol. The SMILES string of the molecule is CCNC(CC)c1nnc(C2Cc3ccccc3S2)s1. The molecule has 5 heteroatoms. The van der Waals surface area contributed by atoms with Crippen LogP contribution in [0.25, 0.3) is 0 Å². The third-order valence-corrected chi connectivity index (χ3v) is 6.16. The lowest BCUT2D eigenvalue weighted by atomic mass is 10.1. The van der Waals surface area contributed by atoms with Crippen LogP contribution in [0.15, 0.2) is 29.2 Å². The monoisotopic (exact) mass is 305 g/mol. The molecule has 1 aromatic carbocycles. The number of nitrogens with one attached hydrogen (secondary N) is 1. The predicted octanol–water partition coefficient (Wildman–Crippen LogP) is 3.99. The lowest BCUT2D eigenvalue weighted by molar-refractivity contribution is 0.530. The van der Waals surface area contributed by atoms with E-state index in [1.807, 2.05) is 11.8 Å². The average Bonchev–Trinajstić information content (AvgIpc) is 3.10. The number of hydrogen-bond donors (Lipinski definition) is 1. The van der Waals surface area contributed by atoms with E-state index in [0.29, 0.717) is 11.3 Å². The van der Waals surface area contributed by atoms with Gasteiger partial charge in [0.05, 0.1) is 11.3 Å². The molecule has 2 heterocycles. The maximum Gasteiger partial charge on any atom is 0.134 e. The molecule has 20 heavy (non-hydrogen) atoms. The van der Waals surface area contributed by atoms with Crippen molar-refractivity contribution < 1.29 is 0 Å². The zero-order chi connectivity index (χ0) is 13.9. The molecule has 1 aromatic heterocycles. The Balaban J connectivity index is 1.75. The minimum atomic E-state index is 0.347. The van der Waals surface area contributed by atoms with Crippen molar-refractivity contribution in [3.05, 3.63) is 39.8 Å². The number of thioether (sulfide) groups is 1. The summed E-state index contributed by atoms with van der Waals surface area (Å²) in [5, 5.41) is 15.0. The number of hydrogen-bond acceptors (Lipinski definition) is 5. The summed E-state index contributed by atoms with van der Waals surface area (Å²) in [4.78, 5) is 1.40. The molecule has 0 saturated heterocycles. The van der Waals surface area contributed by atoms with Crippen molar-refractivity contribution in [1.82, 2.24) is 15.5 Å². The van der Waals surface area contributed by atoms with Crippen LogP contribution in [0, 0.1) is 0 Å². The number of fused-ring (bicyclic) bond motifs is 1. The third kappa shape index (κ3) is 2.75. The van der Waals surface area contributed by atoms with Gasteiger partial charge in [-0.05, 0) is 31.0 Å². The lowest BCUT2D eigenvalue weighted by Crippen LogP contribution is -2.19. The number of aromatic nitrogens is 2. The van der Waals surface area contributed by atoms with E-state index < -0.39 is 0 Å². The van der Waals surface area contributed by atoms with Gasteiger partial charge in [-0.1, -0.05) is 43.4 Å². The molecule has 0 aliphatic carbocycles. The molecule has 0 fully saturated rings. The van der Waals surface area contributed by atoms with Gasteiger partial charge < -0.3 is 5.32 Å². The Hall–Kier alpha value is -0.910. The van der Waals surface area contributed by atoms with Crippen molar-refractivity contribution >= 4 is 23.1 Å². The number of benzene rings is 1. The van der Waals surface area contributed by atoms with E-state index >= 15 is 0 Å². The van der Waals surface area contributed by atoms with Gasteiger partial charge in [0.25, 0.3) is 0 Å². The van der Waals surface area contributed by atoms with Gasteiger partial charge in [0.2, 0.25) is 0 Å². The van der Waals surface area contributed by atoms with E-state index in [9.17, 15) is 0 Å². The van der Waals surface area contributed by atoms with Crippen molar-refractivity contribution in [2.24, 2.45) is 0 Å². The fraction of sp³-hybridized carbons (Fsp3) is 0.467. The first-order valence-corrected chi connectivity index (χ1v) is 8.82. The summed E-state index contributed by atoms with van der Waals surface area (Å²) in [5.74, 6) is 0. The van der Waals surface area contributed by atoms with Crippen LogP contribution in [0.2, 0.25) is 0 Å². The highest BCUT2D eigenvalue weighted by atomic mass is 32.2. The summed E-state index contributed by atoms with van der Waals surface area (Å²) >= 11 is 3.69. The second kappa shape index (κ2) is 6.24. The topological polar surface area (TPSA) is 37.8 Å². The van der Waals surface area contributed by atoms with Crippen LogP contribution in [0.1, 0.15) is 47.1 Å². The number of nitrogens with zero attached hydrogens (tertiary/aromatic N) is 2. The van der Waals surface area contributed by atoms with Crippen molar-refractivity contribution in [2.45, 2.75) is 42.9 Å². The fourth-order valence-corrected chi connectivity index (χ4v) is 4.94. The van der Waals surface area contributed by atoms with Gasteiger partial charge >= 0.3 is 0 Å². The van der Waals surface area contributed by atoms with Crippen molar-refractivity contribution in [2.75, 3.05) is 6.54 Å². The molecule has 0 bridgehead atoms. The van der Waals surface area contributed by atoms with Gasteiger partial charge in [0.15, 0.2) is 0 Å². The fourth-order valence-electron chi connectivity index (χ4n) is 2.49. The minimum absolute atomic E-state index is 0.347. The van der Waals surface area contributed by atoms with Gasteiger partial charge in [-0.15, -0.1) is 22.0 Å². The lowest BCUT2D eigenvalue weighted by Gasteiger charge is -2.11. The van der Waals surface area contributed by atoms with E-state index in [0.717, 1.165) is 29.4 Å². The molecule has 2 aromatic rings. The first-order chi connectivity index (χ1) is 9.81. The van der Waals surface area contributed by atoms with E-state index in [2.05, 4.69) is 53.6 Å². The Bertz CT molecular complexity index is 557. The van der Waals surface area contributed by atoms with Crippen molar-refractivity contribution in [3.63, 3.8) is 0 Å². The molecule has 0 radical (unpaired) electrons. The van der Waals surface area contributed by atoms with Crippen molar-refractivity contribution in [3.8, 4) is 0 Å². The molecular weight excluding hydrogens is 286 g/mol. The Morgan fingerprint density at radius 1 is 1.30 bits per heavy atom. The van der Waals surface area contributed by atoms with Crippen LogP contribution in [0.3, 0.4) is 0 Å². The first-order valence-electron chi connectivity index (χ1n) is 7.13. The van der Waals surface area contributed by atoms with Gasteiger partial charge in [0.1, 0.15) is 10.0 Å². The normalized spacial score (nSPS) is 19.0. The summed E-state index contributed by atoms with van der Waals surface area (Å²) in [6.07, 6.45) is 2.13. The summed E-state index contributed by atoms with van der Waals surface area (Å²) in [7, 11) is 0. The third-order valence-electron chi connectivity index (χ3n) is 3.54. The molecule has 0 saturated carbocycles. The standard InChI is InChI=1S/C15H19N3S2/c1-3-11(16-4-2)14-17-18-15(20-14)13-9-10-7-5-6-8-12(10)19-13/h5-8,11,13,16H,3-4,9H2,1-2H3. The second-order valence-corrected chi connectivity index (χ2v) is 7.20. The van der Waals surface area contributed by atoms with Gasteiger partial charge in [-0.3, -0.25) is 0 Å². The van der Waals surface area contributed by atoms with E-state index in [1.54, 1.807) is 11.3 Å². The molecule has 2 atom stereocenters. The highest BCUT2D eigenvalue weighted by Gasteiger charge is 2.27. The van der Waals surface area contributed by atoms with Gasteiger partial charge in [0, 0.05) is 4.90 Å². The molecule has 1 N–H and O–H groups in total. The highest BCUT2D eigenvalue weighted by molar-refractivity contribution is 8.00. The molecule has 2 unspecified atom stereocenters. The van der Waals surface area contributed by atoms with E-state index in [4.69, 9.17) is 0 Å². The van der Waals surface area contributed by atoms with Gasteiger partial charge in [-0.25, -0.2) is 0 Å². The Labute approximate surface area is 128 Å². The highest BCUT2D eigenvalue weighted by Crippen LogP contribution is 2.47. The molecular formula is C15H19N3S2. The Kier molecular flexibility index (Phi) is 4.38. The minimum Gasteiger partial charge on any atom is -0.308 e. The zero-order valence-electron chi connectivity index (χ0n) is 11.8. The van der Waals surface area contributed by atoms with Crippen LogP contribution in [-0.2, 0) is 6.42 Å². The molecule has 3 nitrogen and oxygen atoms in total.